The van der Waals surface area contributed by atoms with Gasteiger partial charge in [-0.2, -0.15) is 0 Å². The van der Waals surface area contributed by atoms with Gasteiger partial charge in [-0.25, -0.2) is 4.39 Å². The minimum atomic E-state index is -0.834. The summed E-state index contributed by atoms with van der Waals surface area (Å²) < 4.78 is 13.9. The third kappa shape index (κ3) is 2.91. The Bertz CT molecular complexity index is 395. The van der Waals surface area contributed by atoms with Crippen molar-refractivity contribution >= 4 is 11.4 Å². The Kier molecular flexibility index (Phi) is 4.38. The number of rotatable bonds is 5. The molecule has 1 atom stereocenters. The van der Waals surface area contributed by atoms with Crippen LogP contribution in [0.25, 0.3) is 0 Å². The Morgan fingerprint density at radius 2 is 2.06 bits per heavy atom. The molecule has 3 N–H and O–H groups in total. The van der Waals surface area contributed by atoms with Crippen LogP contribution in [0.3, 0.4) is 0 Å². The maximum absolute atomic E-state index is 13.9. The van der Waals surface area contributed by atoms with Crippen molar-refractivity contribution in [1.29, 1.82) is 0 Å². The average molecular weight is 254 g/mol. The first kappa shape index (κ1) is 13.1. The molecule has 1 fully saturated rings. The van der Waals surface area contributed by atoms with E-state index in [1.807, 2.05) is 4.90 Å². The second-order valence-electron chi connectivity index (χ2n) is 4.55. The summed E-state index contributed by atoms with van der Waals surface area (Å²) >= 11 is 0. The van der Waals surface area contributed by atoms with Crippen molar-refractivity contribution in [2.75, 3.05) is 36.5 Å². The Morgan fingerprint density at radius 3 is 2.72 bits per heavy atom. The normalized spacial score (nSPS) is 16.9. The zero-order valence-corrected chi connectivity index (χ0v) is 10.3. The highest BCUT2D eigenvalue weighted by atomic mass is 19.1. The van der Waals surface area contributed by atoms with Gasteiger partial charge in [-0.15, -0.1) is 0 Å². The van der Waals surface area contributed by atoms with Crippen LogP contribution in [0.5, 0.6) is 0 Å². The lowest BCUT2D eigenvalue weighted by atomic mass is 10.2. The van der Waals surface area contributed by atoms with E-state index in [9.17, 15) is 9.50 Å². The minimum Gasteiger partial charge on any atom is -0.394 e. The van der Waals surface area contributed by atoms with Crippen LogP contribution in [0.1, 0.15) is 12.8 Å². The first-order valence-electron chi connectivity index (χ1n) is 6.28. The Labute approximate surface area is 106 Å². The fraction of sp³-hybridized carbons (Fsp3) is 0.538. The van der Waals surface area contributed by atoms with E-state index in [1.54, 1.807) is 12.1 Å². The van der Waals surface area contributed by atoms with E-state index in [1.165, 1.54) is 6.07 Å². The molecule has 18 heavy (non-hydrogen) atoms. The lowest BCUT2D eigenvalue weighted by Gasteiger charge is -2.23. The van der Waals surface area contributed by atoms with Gasteiger partial charge in [0.05, 0.1) is 24.1 Å². The maximum Gasteiger partial charge on any atom is 0.148 e. The summed E-state index contributed by atoms with van der Waals surface area (Å²) in [7, 11) is 0. The largest absolute Gasteiger partial charge is 0.394 e. The Balaban J connectivity index is 2.15. The van der Waals surface area contributed by atoms with Gasteiger partial charge < -0.3 is 20.4 Å². The van der Waals surface area contributed by atoms with Gasteiger partial charge in [0.1, 0.15) is 5.82 Å². The van der Waals surface area contributed by atoms with Gasteiger partial charge in [0.2, 0.25) is 0 Å². The van der Waals surface area contributed by atoms with Crippen molar-refractivity contribution < 1.29 is 14.6 Å². The van der Waals surface area contributed by atoms with Crippen molar-refractivity contribution in [3.8, 4) is 0 Å². The number of hydrogen-bond acceptors (Lipinski definition) is 4. The Hall–Kier alpha value is -1.33. The number of halogens is 1. The molecule has 0 aliphatic carbocycles. The quantitative estimate of drug-likeness (QED) is 0.739. The molecule has 4 nitrogen and oxygen atoms in total. The number of nitrogens with zero attached hydrogens (tertiary/aromatic N) is 1. The third-order valence-corrected chi connectivity index (χ3v) is 3.15. The summed E-state index contributed by atoms with van der Waals surface area (Å²) in [4.78, 5) is 2.02. The molecule has 100 valence electrons. The minimum absolute atomic E-state index is 0.209. The summed E-state index contributed by atoms with van der Waals surface area (Å²) in [5.74, 6) is -0.250. The zero-order valence-electron chi connectivity index (χ0n) is 10.3. The standard InChI is InChI=1S/C13H19FN2O2/c14-11-4-3-5-12(15-8-10(18)9-17)13(11)16-6-1-2-7-16/h3-5,10,15,17-18H,1-2,6-9H2. The summed E-state index contributed by atoms with van der Waals surface area (Å²) in [6.45, 7) is 1.62. The summed E-state index contributed by atoms with van der Waals surface area (Å²) in [5.41, 5.74) is 1.24. The molecule has 0 saturated carbocycles. The molecule has 1 aliphatic rings. The monoisotopic (exact) mass is 254 g/mol. The molecule has 0 aromatic heterocycles. The van der Waals surface area contributed by atoms with Crippen molar-refractivity contribution in [3.05, 3.63) is 24.0 Å². The van der Waals surface area contributed by atoms with Crippen molar-refractivity contribution in [1.82, 2.24) is 0 Å². The Morgan fingerprint density at radius 1 is 1.33 bits per heavy atom. The second-order valence-corrected chi connectivity index (χ2v) is 4.55. The highest BCUT2D eigenvalue weighted by molar-refractivity contribution is 5.71. The van der Waals surface area contributed by atoms with Crippen LogP contribution in [0, 0.1) is 5.82 Å². The average Bonchev–Trinajstić information content (AvgIpc) is 2.89. The molecule has 5 heteroatoms. The van der Waals surface area contributed by atoms with Gasteiger partial charge in [-0.3, -0.25) is 0 Å². The first-order valence-corrected chi connectivity index (χ1v) is 6.28. The smallest absolute Gasteiger partial charge is 0.148 e. The fourth-order valence-corrected chi connectivity index (χ4v) is 2.21. The summed E-state index contributed by atoms with van der Waals surface area (Å²) in [6, 6.07) is 4.88. The van der Waals surface area contributed by atoms with Crippen LogP contribution in [0.2, 0.25) is 0 Å². The number of nitrogens with one attached hydrogen (secondary N) is 1. The lowest BCUT2D eigenvalue weighted by Crippen LogP contribution is -2.25. The molecule has 1 aromatic carbocycles. The molecule has 2 rings (SSSR count). The van der Waals surface area contributed by atoms with E-state index in [-0.39, 0.29) is 19.0 Å². The van der Waals surface area contributed by atoms with Crippen LogP contribution in [0.4, 0.5) is 15.8 Å². The van der Waals surface area contributed by atoms with E-state index in [0.717, 1.165) is 25.9 Å². The van der Waals surface area contributed by atoms with Gasteiger partial charge in [0, 0.05) is 19.6 Å². The van der Waals surface area contributed by atoms with E-state index in [0.29, 0.717) is 11.4 Å². The molecule has 0 amide bonds. The molecule has 0 spiro atoms. The molecule has 1 heterocycles. The second kappa shape index (κ2) is 6.02. The van der Waals surface area contributed by atoms with Gasteiger partial charge in [0.25, 0.3) is 0 Å². The highest BCUT2D eigenvalue weighted by Crippen LogP contribution is 2.31. The van der Waals surface area contributed by atoms with Crippen LogP contribution in [-0.2, 0) is 0 Å². The molecule has 1 aliphatic heterocycles. The summed E-state index contributed by atoms with van der Waals surface area (Å²) in [6.07, 6.45) is 1.32. The predicted octanol–water partition coefficient (Wildman–Crippen LogP) is 1.19. The van der Waals surface area contributed by atoms with Gasteiger partial charge in [-0.05, 0) is 25.0 Å². The number of benzene rings is 1. The van der Waals surface area contributed by atoms with Crippen molar-refractivity contribution in [3.63, 3.8) is 0 Å². The number of aliphatic hydroxyl groups is 2. The highest BCUT2D eigenvalue weighted by Gasteiger charge is 2.19. The SMILES string of the molecule is OCC(O)CNc1cccc(F)c1N1CCCC1. The predicted molar refractivity (Wildman–Crippen MR) is 69.4 cm³/mol. The van der Waals surface area contributed by atoms with Gasteiger partial charge in [-0.1, -0.05) is 6.07 Å². The molecular weight excluding hydrogens is 235 g/mol. The number of aliphatic hydroxyl groups excluding tert-OH is 2. The molecule has 1 saturated heterocycles. The van der Waals surface area contributed by atoms with Crippen LogP contribution < -0.4 is 10.2 Å². The van der Waals surface area contributed by atoms with E-state index in [2.05, 4.69) is 5.32 Å². The molecule has 1 aromatic rings. The number of para-hydroxylation sites is 1. The molecule has 1 unspecified atom stereocenters. The molecular formula is C13H19FN2O2. The first-order chi connectivity index (χ1) is 8.72. The fourth-order valence-electron chi connectivity index (χ4n) is 2.21. The van der Waals surface area contributed by atoms with E-state index in [4.69, 9.17) is 5.11 Å². The van der Waals surface area contributed by atoms with E-state index >= 15 is 0 Å². The maximum atomic E-state index is 13.9. The van der Waals surface area contributed by atoms with Crippen LogP contribution in [-0.4, -0.2) is 42.6 Å². The van der Waals surface area contributed by atoms with Crippen molar-refractivity contribution in [2.45, 2.75) is 18.9 Å². The number of anilines is 2. The third-order valence-electron chi connectivity index (χ3n) is 3.15. The van der Waals surface area contributed by atoms with Gasteiger partial charge in [0.15, 0.2) is 0 Å². The summed E-state index contributed by atoms with van der Waals surface area (Å²) in [5, 5.41) is 21.1. The topological polar surface area (TPSA) is 55.7 Å². The van der Waals surface area contributed by atoms with Crippen LogP contribution in [0.15, 0.2) is 18.2 Å². The van der Waals surface area contributed by atoms with Crippen LogP contribution >= 0.6 is 0 Å². The molecule has 0 radical (unpaired) electrons. The lowest BCUT2D eigenvalue weighted by molar-refractivity contribution is 0.105. The van der Waals surface area contributed by atoms with E-state index < -0.39 is 6.10 Å². The van der Waals surface area contributed by atoms with Gasteiger partial charge >= 0.3 is 0 Å². The van der Waals surface area contributed by atoms with Crippen molar-refractivity contribution in [2.24, 2.45) is 0 Å². The number of hydrogen-bond donors (Lipinski definition) is 3. The zero-order chi connectivity index (χ0) is 13.0. The molecule has 0 bridgehead atoms.